The number of hydrogen-bond acceptors (Lipinski definition) is 0. The Balaban J connectivity index is 0.00000392. The molecule has 29 heavy (non-hydrogen) atoms. The summed E-state index contributed by atoms with van der Waals surface area (Å²) < 4.78 is 0. The summed E-state index contributed by atoms with van der Waals surface area (Å²) in [6.07, 6.45) is 12.8. The van der Waals surface area contributed by atoms with Gasteiger partial charge < -0.3 is 12.4 Å². The second kappa shape index (κ2) is 13.4. The molecule has 0 nitrogen and oxygen atoms in total. The van der Waals surface area contributed by atoms with Crippen molar-refractivity contribution in [2.45, 2.75) is 78.0 Å². The maximum absolute atomic E-state index is 3.85. The van der Waals surface area contributed by atoms with E-state index in [2.05, 4.69) is 110 Å². The molecular formula is C25H36ClIrP2-. The van der Waals surface area contributed by atoms with E-state index >= 15 is 0 Å². The first kappa shape index (κ1) is 29.0. The number of benzene rings is 1. The van der Waals surface area contributed by atoms with Crippen LogP contribution in [0.15, 0.2) is 54.1 Å². The second-order valence-electron chi connectivity index (χ2n) is 8.35. The maximum atomic E-state index is 3.85. The molecule has 163 valence electrons. The van der Waals surface area contributed by atoms with Crippen LogP contribution in [0.5, 0.6) is 0 Å². The molecule has 0 spiro atoms. The van der Waals surface area contributed by atoms with Crippen molar-refractivity contribution in [3.8, 4) is 0 Å². The minimum Gasteiger partial charge on any atom is -1.00 e. The molecule has 1 aliphatic rings. The summed E-state index contributed by atoms with van der Waals surface area (Å²) in [5.41, 5.74) is 5.31. The zero-order valence-electron chi connectivity index (χ0n) is 19.0. The van der Waals surface area contributed by atoms with E-state index in [4.69, 9.17) is 0 Å². The third kappa shape index (κ3) is 7.56. The van der Waals surface area contributed by atoms with Crippen molar-refractivity contribution in [1.29, 1.82) is 0 Å². The van der Waals surface area contributed by atoms with Gasteiger partial charge in [0.1, 0.15) is 11.3 Å². The fourth-order valence-corrected chi connectivity index (χ4v) is 10.0. The summed E-state index contributed by atoms with van der Waals surface area (Å²) in [6.45, 7) is 18.9. The Bertz CT molecular complexity index is 753. The molecule has 0 saturated heterocycles. The van der Waals surface area contributed by atoms with Crippen molar-refractivity contribution < 1.29 is 32.5 Å². The molecule has 0 unspecified atom stereocenters. The first-order valence-electron chi connectivity index (χ1n) is 10.3. The molecule has 0 atom stereocenters. The maximum Gasteiger partial charge on any atom is 0.105 e. The van der Waals surface area contributed by atoms with E-state index in [1.807, 2.05) is 0 Å². The van der Waals surface area contributed by atoms with Crippen LogP contribution < -0.4 is 17.7 Å². The van der Waals surface area contributed by atoms with E-state index < -0.39 is 0 Å². The van der Waals surface area contributed by atoms with E-state index in [-0.39, 0.29) is 48.0 Å². The van der Waals surface area contributed by atoms with Crippen molar-refractivity contribution >= 4 is 26.1 Å². The van der Waals surface area contributed by atoms with E-state index in [1.54, 1.807) is 0 Å². The summed E-state index contributed by atoms with van der Waals surface area (Å²) in [4.78, 5) is 0. The van der Waals surface area contributed by atoms with E-state index in [9.17, 15) is 0 Å². The molecule has 0 fully saturated rings. The molecule has 0 aliphatic heterocycles. The summed E-state index contributed by atoms with van der Waals surface area (Å²) in [5.74, 6) is 0. The zero-order chi connectivity index (χ0) is 20.1. The van der Waals surface area contributed by atoms with Crippen molar-refractivity contribution in [2.75, 3.05) is 0 Å². The van der Waals surface area contributed by atoms with Gasteiger partial charge in [0.2, 0.25) is 0 Å². The minimum atomic E-state index is -0.198. The third-order valence-corrected chi connectivity index (χ3v) is 11.2. The van der Waals surface area contributed by atoms with Gasteiger partial charge >= 0.3 is 0 Å². The van der Waals surface area contributed by atoms with E-state index in [1.165, 1.54) is 21.7 Å². The van der Waals surface area contributed by atoms with Gasteiger partial charge in [-0.2, -0.15) is 0 Å². The Kier molecular flexibility index (Phi) is 13.4. The van der Waals surface area contributed by atoms with Crippen LogP contribution >= 0.6 is 15.5 Å². The van der Waals surface area contributed by atoms with Gasteiger partial charge in [-0.3, -0.25) is 0 Å². The molecule has 0 aromatic heterocycles. The van der Waals surface area contributed by atoms with Gasteiger partial charge in [-0.05, 0) is 45.1 Å². The molecule has 0 saturated carbocycles. The Morgan fingerprint density at radius 2 is 1.31 bits per heavy atom. The predicted molar refractivity (Wildman–Crippen MR) is 130 cm³/mol. The van der Waals surface area contributed by atoms with E-state index in [0.29, 0.717) is 22.6 Å². The van der Waals surface area contributed by atoms with Gasteiger partial charge in [0, 0.05) is 20.1 Å². The van der Waals surface area contributed by atoms with Gasteiger partial charge in [-0.25, -0.2) is 0 Å². The van der Waals surface area contributed by atoms with Crippen LogP contribution in [0.2, 0.25) is 0 Å². The first-order chi connectivity index (χ1) is 12.7. The van der Waals surface area contributed by atoms with Crippen molar-refractivity contribution in [3.63, 3.8) is 0 Å². The molecule has 1 aromatic rings. The molecule has 1 aliphatic carbocycles. The standard InChI is InChI=1S/C25H36P2.ClH.Ir/c1-18(2)26(19(3)4)24-15-11-9-13-22(24)17-23-14-10-12-16-25(23)27(20(5)6)21(7)8;;/h9-16,18-21H,1-8H3;1H;/p-1. The van der Waals surface area contributed by atoms with Crippen LogP contribution in [0.3, 0.4) is 0 Å². The number of allylic oxidation sites excluding steroid dienone is 5. The SMILES string of the molecule is CC(C)P(c1ccccc1[C-]=C1C=CC=CC1=[P+](C(C)C)C(C)C)C(C)C.[Cl-].[Ir]. The largest absolute Gasteiger partial charge is 1.00 e. The number of halogens is 1. The summed E-state index contributed by atoms with van der Waals surface area (Å²) >= 11 is 0. The molecule has 0 heterocycles. The monoisotopic (exact) mass is 626 g/mol. The molecule has 2 rings (SSSR count). The molecular weight excluding hydrogens is 590 g/mol. The summed E-state index contributed by atoms with van der Waals surface area (Å²) in [7, 11) is -0.396. The van der Waals surface area contributed by atoms with Gasteiger partial charge in [0.25, 0.3) is 0 Å². The average molecular weight is 626 g/mol. The fourth-order valence-electron chi connectivity index (χ4n) is 4.06. The minimum absolute atomic E-state index is 0. The van der Waals surface area contributed by atoms with Gasteiger partial charge in [-0.15, -0.1) is 31.7 Å². The molecule has 1 radical (unpaired) electrons. The molecule has 4 heteroatoms. The Morgan fingerprint density at radius 1 is 0.793 bits per heavy atom. The van der Waals surface area contributed by atoms with Gasteiger partial charge in [0.15, 0.2) is 0 Å². The van der Waals surface area contributed by atoms with Gasteiger partial charge in [0.05, 0.1) is 12.8 Å². The van der Waals surface area contributed by atoms with Crippen LogP contribution in [-0.2, 0) is 20.1 Å². The normalized spacial score (nSPS) is 14.9. The summed E-state index contributed by atoms with van der Waals surface area (Å²) in [5, 5.41) is 3.01. The zero-order valence-corrected chi connectivity index (χ0v) is 24.0. The first-order valence-corrected chi connectivity index (χ1v) is 13.2. The molecule has 0 N–H and O–H groups in total. The smallest absolute Gasteiger partial charge is 0.105 e. The predicted octanol–water partition coefficient (Wildman–Crippen LogP) is 4.29. The molecule has 1 aromatic carbocycles. The van der Waals surface area contributed by atoms with Crippen molar-refractivity contribution in [1.82, 2.24) is 0 Å². The topological polar surface area (TPSA) is 0 Å². The van der Waals surface area contributed by atoms with E-state index in [0.717, 1.165) is 0 Å². The van der Waals surface area contributed by atoms with Gasteiger partial charge in [-0.1, -0.05) is 68.9 Å². The van der Waals surface area contributed by atoms with Crippen molar-refractivity contribution in [2.24, 2.45) is 0 Å². The van der Waals surface area contributed by atoms with Crippen LogP contribution in [-0.4, -0.2) is 27.9 Å². The van der Waals surface area contributed by atoms with Crippen LogP contribution in [0, 0.1) is 6.08 Å². The molecule has 0 bridgehead atoms. The average Bonchev–Trinajstić information content (AvgIpc) is 2.57. The summed E-state index contributed by atoms with van der Waals surface area (Å²) in [6, 6.07) is 8.96. The number of rotatable bonds is 6. The Labute approximate surface area is 201 Å². The van der Waals surface area contributed by atoms with Crippen molar-refractivity contribution in [3.05, 3.63) is 65.8 Å². The third-order valence-electron chi connectivity index (χ3n) is 4.86. The molecule has 0 amide bonds. The fraction of sp³-hybridized carbons (Fsp3) is 0.480. The quantitative estimate of drug-likeness (QED) is 0.327. The van der Waals surface area contributed by atoms with Crippen LogP contribution in [0.25, 0.3) is 0 Å². The van der Waals surface area contributed by atoms with Crippen LogP contribution in [0.1, 0.15) is 61.0 Å². The number of hydrogen-bond donors (Lipinski definition) is 0. The second-order valence-corrected chi connectivity index (χ2v) is 15.1. The Morgan fingerprint density at radius 3 is 1.83 bits per heavy atom. The Hall–Kier alpha value is -0.0206. The van der Waals surface area contributed by atoms with Crippen LogP contribution in [0.4, 0.5) is 0 Å².